The van der Waals surface area contributed by atoms with E-state index in [0.29, 0.717) is 66.0 Å². The summed E-state index contributed by atoms with van der Waals surface area (Å²) in [6.07, 6.45) is 4.63. The van der Waals surface area contributed by atoms with Gasteiger partial charge in [0, 0.05) is 12.5 Å². The van der Waals surface area contributed by atoms with Crippen LogP contribution in [-0.4, -0.2) is 72.1 Å². The van der Waals surface area contributed by atoms with Crippen LogP contribution < -0.4 is 5.32 Å². The van der Waals surface area contributed by atoms with Crippen molar-refractivity contribution in [2.75, 3.05) is 66.0 Å². The van der Waals surface area contributed by atoms with Crippen molar-refractivity contribution in [2.24, 2.45) is 0 Å². The van der Waals surface area contributed by atoms with E-state index in [1.165, 1.54) is 22.3 Å². The van der Waals surface area contributed by atoms with E-state index in [0.717, 1.165) is 0 Å². The smallest absolute Gasteiger partial charge is 0.407 e. The van der Waals surface area contributed by atoms with Crippen molar-refractivity contribution >= 4 is 6.09 Å². The first-order valence-electron chi connectivity index (χ1n) is 11.1. The van der Waals surface area contributed by atoms with Gasteiger partial charge in [0.05, 0.1) is 46.2 Å². The molecule has 1 aliphatic rings. The summed E-state index contributed by atoms with van der Waals surface area (Å²) in [4.78, 5) is 12.1. The third-order valence-corrected chi connectivity index (χ3v) is 5.16. The number of terminal acetylenes is 1. The molecule has 1 N–H and O–H groups in total. The number of hydrogen-bond donors (Lipinski definition) is 1. The lowest BCUT2D eigenvalue weighted by Gasteiger charge is -2.14. The minimum absolute atomic E-state index is 0.0519. The van der Waals surface area contributed by atoms with Crippen molar-refractivity contribution in [3.05, 3.63) is 59.7 Å². The monoisotopic (exact) mass is 453 g/mol. The molecule has 176 valence electrons. The van der Waals surface area contributed by atoms with Gasteiger partial charge in [-0.1, -0.05) is 54.5 Å². The quantitative estimate of drug-likeness (QED) is 0.330. The topological polar surface area (TPSA) is 75.3 Å². The SMILES string of the molecule is C#CCOCCOCCOCCOCCNC(=O)OCC1c2ccccc2-c2ccccc21. The fraction of sp³-hybridized carbons (Fsp3) is 0.423. The first-order chi connectivity index (χ1) is 16.3. The van der Waals surface area contributed by atoms with E-state index in [-0.39, 0.29) is 5.92 Å². The zero-order valence-electron chi connectivity index (χ0n) is 18.8. The number of rotatable bonds is 15. The molecule has 2 aromatic carbocycles. The van der Waals surface area contributed by atoms with E-state index in [9.17, 15) is 4.79 Å². The molecule has 0 saturated carbocycles. The number of nitrogens with one attached hydrogen (secondary N) is 1. The van der Waals surface area contributed by atoms with Crippen LogP contribution in [0.1, 0.15) is 17.0 Å². The number of fused-ring (bicyclic) bond motifs is 3. The molecule has 0 aliphatic heterocycles. The lowest BCUT2D eigenvalue weighted by molar-refractivity contribution is 0.00169. The minimum Gasteiger partial charge on any atom is -0.449 e. The van der Waals surface area contributed by atoms with Crippen LogP contribution in [0, 0.1) is 12.3 Å². The predicted octanol–water partition coefficient (Wildman–Crippen LogP) is 3.22. The molecule has 7 heteroatoms. The van der Waals surface area contributed by atoms with Crippen LogP contribution >= 0.6 is 0 Å². The Balaban J connectivity index is 1.21. The normalized spacial score (nSPS) is 12.1. The molecular formula is C26H31NO6. The molecule has 0 bridgehead atoms. The number of ether oxygens (including phenoxy) is 5. The lowest BCUT2D eigenvalue weighted by Crippen LogP contribution is -2.29. The minimum atomic E-state index is -0.444. The van der Waals surface area contributed by atoms with Crippen molar-refractivity contribution in [2.45, 2.75) is 5.92 Å². The van der Waals surface area contributed by atoms with E-state index < -0.39 is 6.09 Å². The van der Waals surface area contributed by atoms with Crippen molar-refractivity contribution in [3.8, 4) is 23.5 Å². The van der Waals surface area contributed by atoms with Crippen LogP contribution in [0.15, 0.2) is 48.5 Å². The van der Waals surface area contributed by atoms with E-state index in [1.54, 1.807) is 0 Å². The molecule has 0 spiro atoms. The summed E-state index contributed by atoms with van der Waals surface area (Å²) in [6.45, 7) is 4.19. The maximum atomic E-state index is 12.1. The standard InChI is InChI=1S/C26H31NO6/c1-2-12-29-14-16-31-18-19-32-17-15-30-13-11-27-26(28)33-20-25-23-9-5-3-7-21(23)22-8-4-6-10-24(22)25/h1,3-10,25H,11-20H2,(H,27,28). The number of carbonyl (C=O) groups excluding carboxylic acids is 1. The second kappa shape index (κ2) is 14.3. The average molecular weight is 454 g/mol. The molecule has 33 heavy (non-hydrogen) atoms. The van der Waals surface area contributed by atoms with Crippen molar-refractivity contribution < 1.29 is 28.5 Å². The van der Waals surface area contributed by atoms with Crippen molar-refractivity contribution in [1.29, 1.82) is 0 Å². The Morgan fingerprint density at radius 2 is 1.30 bits per heavy atom. The Morgan fingerprint density at radius 1 is 0.788 bits per heavy atom. The molecule has 0 heterocycles. The highest BCUT2D eigenvalue weighted by Gasteiger charge is 2.28. The molecule has 0 saturated heterocycles. The van der Waals surface area contributed by atoms with E-state index in [4.69, 9.17) is 30.1 Å². The Labute approximate surface area is 195 Å². The number of alkyl carbamates (subject to hydrolysis) is 1. The van der Waals surface area contributed by atoms with Crippen LogP contribution in [0.2, 0.25) is 0 Å². The maximum Gasteiger partial charge on any atom is 0.407 e. The van der Waals surface area contributed by atoms with Crippen LogP contribution in [0.25, 0.3) is 11.1 Å². The molecule has 0 aromatic heterocycles. The molecule has 0 radical (unpaired) electrons. The lowest BCUT2D eigenvalue weighted by atomic mass is 9.98. The van der Waals surface area contributed by atoms with Gasteiger partial charge in [-0.15, -0.1) is 6.42 Å². The largest absolute Gasteiger partial charge is 0.449 e. The van der Waals surface area contributed by atoms with Gasteiger partial charge in [0.1, 0.15) is 13.2 Å². The van der Waals surface area contributed by atoms with Gasteiger partial charge in [0.2, 0.25) is 0 Å². The highest BCUT2D eigenvalue weighted by molar-refractivity contribution is 5.79. The number of amides is 1. The van der Waals surface area contributed by atoms with Gasteiger partial charge in [-0.05, 0) is 22.3 Å². The summed E-state index contributed by atoms with van der Waals surface area (Å²) in [5, 5.41) is 2.72. The summed E-state index contributed by atoms with van der Waals surface area (Å²) in [5.74, 6) is 2.44. The fourth-order valence-electron chi connectivity index (χ4n) is 3.67. The molecule has 7 nitrogen and oxygen atoms in total. The Morgan fingerprint density at radius 3 is 1.88 bits per heavy atom. The summed E-state index contributed by atoms with van der Waals surface area (Å²) < 4.78 is 26.8. The fourth-order valence-corrected chi connectivity index (χ4v) is 3.67. The Bertz CT molecular complexity index is 864. The van der Waals surface area contributed by atoms with Crippen LogP contribution in [0.4, 0.5) is 4.79 Å². The third-order valence-electron chi connectivity index (χ3n) is 5.16. The van der Waals surface area contributed by atoms with Gasteiger partial charge < -0.3 is 29.0 Å². The second-order valence-electron chi connectivity index (χ2n) is 7.35. The molecule has 0 atom stereocenters. The summed E-state index contributed by atoms with van der Waals surface area (Å²) in [5.41, 5.74) is 4.80. The zero-order valence-corrected chi connectivity index (χ0v) is 18.8. The molecule has 2 aromatic rings. The zero-order chi connectivity index (χ0) is 23.1. The molecule has 1 aliphatic carbocycles. The highest BCUT2D eigenvalue weighted by Crippen LogP contribution is 2.44. The van der Waals surface area contributed by atoms with Gasteiger partial charge in [-0.25, -0.2) is 4.79 Å². The van der Waals surface area contributed by atoms with Crippen LogP contribution in [0.3, 0.4) is 0 Å². The van der Waals surface area contributed by atoms with Crippen molar-refractivity contribution in [1.82, 2.24) is 5.32 Å². The van der Waals surface area contributed by atoms with Gasteiger partial charge in [0.15, 0.2) is 0 Å². The Kier molecular flexibility index (Phi) is 10.7. The number of benzene rings is 2. The first-order valence-corrected chi connectivity index (χ1v) is 11.1. The van der Waals surface area contributed by atoms with Gasteiger partial charge in [0.25, 0.3) is 0 Å². The van der Waals surface area contributed by atoms with E-state index >= 15 is 0 Å². The van der Waals surface area contributed by atoms with Crippen molar-refractivity contribution in [3.63, 3.8) is 0 Å². The summed E-state index contributed by atoms with van der Waals surface area (Å²) in [6, 6.07) is 16.5. The van der Waals surface area contributed by atoms with E-state index in [2.05, 4.69) is 35.5 Å². The molecule has 1 amide bonds. The molecular weight excluding hydrogens is 422 g/mol. The van der Waals surface area contributed by atoms with Gasteiger partial charge >= 0.3 is 6.09 Å². The highest BCUT2D eigenvalue weighted by atomic mass is 16.6. The summed E-state index contributed by atoms with van der Waals surface area (Å²) >= 11 is 0. The van der Waals surface area contributed by atoms with Crippen LogP contribution in [-0.2, 0) is 23.7 Å². The number of hydrogen-bond acceptors (Lipinski definition) is 6. The second-order valence-corrected chi connectivity index (χ2v) is 7.35. The average Bonchev–Trinajstić information content (AvgIpc) is 3.16. The van der Waals surface area contributed by atoms with Gasteiger partial charge in [-0.3, -0.25) is 0 Å². The van der Waals surface area contributed by atoms with Gasteiger partial charge in [-0.2, -0.15) is 0 Å². The molecule has 0 fully saturated rings. The summed E-state index contributed by atoms with van der Waals surface area (Å²) in [7, 11) is 0. The molecule has 3 rings (SSSR count). The third kappa shape index (κ3) is 7.88. The first kappa shape index (κ1) is 24.7. The molecule has 0 unspecified atom stereocenters. The predicted molar refractivity (Wildman–Crippen MR) is 125 cm³/mol. The van der Waals surface area contributed by atoms with Crippen LogP contribution in [0.5, 0.6) is 0 Å². The van der Waals surface area contributed by atoms with E-state index in [1.807, 2.05) is 24.3 Å². The number of carbonyl (C=O) groups is 1. The Hall–Kier alpha value is -2.89. The maximum absolute atomic E-state index is 12.1.